The molecule has 0 radical (unpaired) electrons. The van der Waals surface area contributed by atoms with Crippen LogP contribution in [0.1, 0.15) is 11.1 Å². The average molecular weight is 504 g/mol. The Morgan fingerprint density at radius 3 is 2.50 bits per heavy atom. The quantitative estimate of drug-likeness (QED) is 0.293. The summed E-state index contributed by atoms with van der Waals surface area (Å²) in [7, 11) is 1.60. The van der Waals surface area contributed by atoms with Crippen LogP contribution in [0.5, 0.6) is 5.75 Å². The second kappa shape index (κ2) is 12.1. The Bertz CT molecular complexity index is 801. The second-order valence-electron chi connectivity index (χ2n) is 5.74. The van der Waals surface area contributed by atoms with Gasteiger partial charge in [-0.2, -0.15) is 0 Å². The van der Waals surface area contributed by atoms with Crippen molar-refractivity contribution in [3.05, 3.63) is 65.2 Å². The zero-order valence-corrected chi connectivity index (χ0v) is 17.7. The molecule has 2 aromatic rings. The molecule has 0 unspecified atom stereocenters. The Morgan fingerprint density at radius 1 is 1.14 bits per heavy atom. The lowest BCUT2D eigenvalue weighted by Crippen LogP contribution is -2.38. The van der Waals surface area contributed by atoms with E-state index in [2.05, 4.69) is 15.6 Å². The summed E-state index contributed by atoms with van der Waals surface area (Å²) in [5.74, 6) is -0.433. The summed E-state index contributed by atoms with van der Waals surface area (Å²) in [6.45, 7) is 0.552. The van der Waals surface area contributed by atoms with Crippen molar-refractivity contribution in [2.75, 3.05) is 20.2 Å². The maximum absolute atomic E-state index is 13.6. The summed E-state index contributed by atoms with van der Waals surface area (Å²) in [4.78, 5) is 14.7. The first-order valence-electron chi connectivity index (χ1n) is 8.36. The Balaban J connectivity index is 0.00000392. The Hall–Kier alpha value is -2.43. The maximum Gasteiger partial charge on any atom is 0.255 e. The van der Waals surface area contributed by atoms with Gasteiger partial charge in [-0.3, -0.25) is 9.79 Å². The maximum atomic E-state index is 13.6. The van der Waals surface area contributed by atoms with Crippen LogP contribution in [0.25, 0.3) is 0 Å². The number of hydrogen-bond donors (Lipinski definition) is 3. The third-order valence-corrected chi connectivity index (χ3v) is 3.69. The molecule has 0 spiro atoms. The SMILES string of the molecule is CN=C(NCCc1ccc(OCC(N)=O)cc1)NCc1cc(F)ccc1F.I. The molecule has 0 heterocycles. The minimum absolute atomic E-state index is 0. The number of guanidine groups is 1. The molecule has 0 atom stereocenters. The number of hydrogen-bond acceptors (Lipinski definition) is 3. The van der Waals surface area contributed by atoms with Gasteiger partial charge in [-0.25, -0.2) is 8.78 Å². The molecule has 0 aromatic heterocycles. The number of halogens is 3. The highest BCUT2D eigenvalue weighted by molar-refractivity contribution is 14.0. The van der Waals surface area contributed by atoms with E-state index < -0.39 is 17.5 Å². The highest BCUT2D eigenvalue weighted by Gasteiger charge is 2.05. The minimum atomic E-state index is -0.528. The molecule has 0 saturated carbocycles. The predicted molar refractivity (Wildman–Crippen MR) is 115 cm³/mol. The summed E-state index contributed by atoms with van der Waals surface area (Å²) < 4.78 is 32.0. The Labute approximate surface area is 179 Å². The van der Waals surface area contributed by atoms with Gasteiger partial charge in [0.15, 0.2) is 12.6 Å². The molecule has 152 valence electrons. The van der Waals surface area contributed by atoms with Crippen LogP contribution >= 0.6 is 24.0 Å². The first-order valence-corrected chi connectivity index (χ1v) is 8.36. The fourth-order valence-electron chi connectivity index (χ4n) is 2.31. The molecule has 2 aromatic carbocycles. The molecular weight excluding hydrogens is 481 g/mol. The molecule has 28 heavy (non-hydrogen) atoms. The number of nitrogens with two attached hydrogens (primary N) is 1. The molecular formula is C19H23F2IN4O2. The number of rotatable bonds is 8. The molecule has 0 saturated heterocycles. The van der Waals surface area contributed by atoms with Crippen LogP contribution in [0.4, 0.5) is 8.78 Å². The number of primary amides is 1. The average Bonchev–Trinajstić information content (AvgIpc) is 2.66. The number of nitrogens with one attached hydrogen (secondary N) is 2. The van der Waals surface area contributed by atoms with Crippen LogP contribution in [0, 0.1) is 11.6 Å². The van der Waals surface area contributed by atoms with Crippen molar-refractivity contribution in [2.24, 2.45) is 10.7 Å². The number of aliphatic imine (C=N–C) groups is 1. The summed E-state index contributed by atoms with van der Waals surface area (Å²) in [6, 6.07) is 10.6. The van der Waals surface area contributed by atoms with Gasteiger partial charge in [0.25, 0.3) is 5.91 Å². The number of benzene rings is 2. The Kier molecular flexibility index (Phi) is 10.2. The van der Waals surface area contributed by atoms with E-state index in [1.807, 2.05) is 12.1 Å². The largest absolute Gasteiger partial charge is 0.484 e. The molecule has 9 heteroatoms. The molecule has 1 amide bonds. The minimum Gasteiger partial charge on any atom is -0.484 e. The summed E-state index contributed by atoms with van der Waals surface area (Å²) >= 11 is 0. The normalized spacial score (nSPS) is 10.8. The summed E-state index contributed by atoms with van der Waals surface area (Å²) in [5, 5.41) is 6.05. The zero-order chi connectivity index (χ0) is 19.6. The smallest absolute Gasteiger partial charge is 0.255 e. The van der Waals surface area contributed by atoms with Gasteiger partial charge in [0.05, 0.1) is 0 Å². The predicted octanol–water partition coefficient (Wildman–Crippen LogP) is 2.35. The number of amides is 1. The molecule has 0 aliphatic heterocycles. The van der Waals surface area contributed by atoms with Crippen molar-refractivity contribution >= 4 is 35.8 Å². The van der Waals surface area contributed by atoms with Crippen molar-refractivity contribution in [2.45, 2.75) is 13.0 Å². The van der Waals surface area contributed by atoms with Gasteiger partial charge in [0.1, 0.15) is 17.4 Å². The van der Waals surface area contributed by atoms with Gasteiger partial charge in [0, 0.05) is 25.7 Å². The van der Waals surface area contributed by atoms with Gasteiger partial charge in [-0.15, -0.1) is 24.0 Å². The van der Waals surface area contributed by atoms with E-state index in [4.69, 9.17) is 10.5 Å². The van der Waals surface area contributed by atoms with Crippen LogP contribution in [-0.2, 0) is 17.8 Å². The van der Waals surface area contributed by atoms with Crippen molar-refractivity contribution in [1.29, 1.82) is 0 Å². The second-order valence-corrected chi connectivity index (χ2v) is 5.74. The van der Waals surface area contributed by atoms with Crippen LogP contribution in [0.2, 0.25) is 0 Å². The van der Waals surface area contributed by atoms with E-state index >= 15 is 0 Å². The monoisotopic (exact) mass is 504 g/mol. The molecule has 2 rings (SSSR count). The first-order chi connectivity index (χ1) is 13.0. The molecule has 4 N–H and O–H groups in total. The third-order valence-electron chi connectivity index (χ3n) is 3.69. The van der Waals surface area contributed by atoms with Gasteiger partial charge < -0.3 is 21.1 Å². The van der Waals surface area contributed by atoms with E-state index in [-0.39, 0.29) is 42.7 Å². The van der Waals surface area contributed by atoms with Crippen molar-refractivity contribution < 1.29 is 18.3 Å². The first kappa shape index (κ1) is 23.6. The molecule has 0 aliphatic rings. The number of nitrogens with zero attached hydrogens (tertiary/aromatic N) is 1. The molecule has 6 nitrogen and oxygen atoms in total. The highest BCUT2D eigenvalue weighted by atomic mass is 127. The van der Waals surface area contributed by atoms with Gasteiger partial charge in [-0.05, 0) is 42.3 Å². The summed E-state index contributed by atoms with van der Waals surface area (Å²) in [5.41, 5.74) is 6.31. The third kappa shape index (κ3) is 8.07. The van der Waals surface area contributed by atoms with Crippen molar-refractivity contribution in [3.63, 3.8) is 0 Å². The topological polar surface area (TPSA) is 88.7 Å². The van der Waals surface area contributed by atoms with E-state index in [0.717, 1.165) is 23.8 Å². The lowest BCUT2D eigenvalue weighted by molar-refractivity contribution is -0.119. The van der Waals surface area contributed by atoms with Crippen molar-refractivity contribution in [1.82, 2.24) is 10.6 Å². The van der Waals surface area contributed by atoms with E-state index in [0.29, 0.717) is 24.7 Å². The number of carbonyl (C=O) groups excluding carboxylic acids is 1. The van der Waals surface area contributed by atoms with E-state index in [1.165, 1.54) is 0 Å². The summed E-state index contributed by atoms with van der Waals surface area (Å²) in [6.07, 6.45) is 0.713. The van der Waals surface area contributed by atoms with Crippen LogP contribution < -0.4 is 21.1 Å². The van der Waals surface area contributed by atoms with Gasteiger partial charge in [0.2, 0.25) is 0 Å². The van der Waals surface area contributed by atoms with E-state index in [1.54, 1.807) is 19.2 Å². The highest BCUT2D eigenvalue weighted by Crippen LogP contribution is 2.12. The van der Waals surface area contributed by atoms with E-state index in [9.17, 15) is 13.6 Å². The number of carbonyl (C=O) groups is 1. The number of ether oxygens (including phenoxy) is 1. The van der Waals surface area contributed by atoms with Gasteiger partial charge >= 0.3 is 0 Å². The van der Waals surface area contributed by atoms with Crippen molar-refractivity contribution in [3.8, 4) is 5.75 Å². The molecule has 0 fully saturated rings. The standard InChI is InChI=1S/C19H22F2N4O2.HI/c1-23-19(25-11-14-10-15(20)4-7-17(14)21)24-9-8-13-2-5-16(6-3-13)27-12-18(22)26;/h2-7,10H,8-9,11-12H2,1H3,(H2,22,26)(H2,23,24,25);1H. The fraction of sp³-hybridized carbons (Fsp3) is 0.263. The zero-order valence-electron chi connectivity index (χ0n) is 15.4. The lowest BCUT2D eigenvalue weighted by atomic mass is 10.1. The molecule has 0 bridgehead atoms. The fourth-order valence-corrected chi connectivity index (χ4v) is 2.31. The molecule has 0 aliphatic carbocycles. The van der Waals surface area contributed by atoms with Crippen LogP contribution in [0.15, 0.2) is 47.5 Å². The van der Waals surface area contributed by atoms with Crippen LogP contribution in [0.3, 0.4) is 0 Å². The van der Waals surface area contributed by atoms with Crippen LogP contribution in [-0.4, -0.2) is 32.1 Å². The van der Waals surface area contributed by atoms with Gasteiger partial charge in [-0.1, -0.05) is 12.1 Å². The lowest BCUT2D eigenvalue weighted by Gasteiger charge is -2.12. The Morgan fingerprint density at radius 2 is 1.86 bits per heavy atom.